The van der Waals surface area contributed by atoms with Gasteiger partial charge in [-0.05, 0) is 18.2 Å². The standard InChI is InChI=1S/C12H10FNO5S/c1-2-5-14-11(15)7-20(18,19)10-4-3-8(12(16)17)6-9(10)13/h1,3-4,6H,5,7H2,(H,14,15)(H,16,17). The second kappa shape index (κ2) is 6.16. The maximum absolute atomic E-state index is 13.6. The molecule has 1 rings (SSSR count). The molecule has 0 fully saturated rings. The lowest BCUT2D eigenvalue weighted by atomic mass is 10.2. The van der Waals surface area contributed by atoms with Gasteiger partial charge in [-0.3, -0.25) is 4.79 Å². The van der Waals surface area contributed by atoms with Crippen molar-refractivity contribution in [2.75, 3.05) is 12.3 Å². The molecule has 20 heavy (non-hydrogen) atoms. The zero-order valence-electron chi connectivity index (χ0n) is 10.1. The molecular formula is C12H10FNO5S. The number of aromatic carboxylic acids is 1. The van der Waals surface area contributed by atoms with E-state index in [4.69, 9.17) is 11.5 Å². The molecule has 0 spiro atoms. The molecular weight excluding hydrogens is 289 g/mol. The molecule has 0 bridgehead atoms. The summed E-state index contributed by atoms with van der Waals surface area (Å²) < 4.78 is 37.2. The average molecular weight is 299 g/mol. The first kappa shape index (κ1) is 15.7. The highest BCUT2D eigenvalue weighted by Crippen LogP contribution is 2.17. The van der Waals surface area contributed by atoms with Gasteiger partial charge in [-0.25, -0.2) is 17.6 Å². The van der Waals surface area contributed by atoms with Crippen molar-refractivity contribution in [3.63, 3.8) is 0 Å². The van der Waals surface area contributed by atoms with Gasteiger partial charge in [-0.15, -0.1) is 6.42 Å². The summed E-state index contributed by atoms with van der Waals surface area (Å²) in [7, 11) is -4.21. The predicted octanol–water partition coefficient (Wildman–Crippen LogP) is 0.0470. The molecule has 8 heteroatoms. The van der Waals surface area contributed by atoms with Gasteiger partial charge in [0.15, 0.2) is 9.84 Å². The minimum Gasteiger partial charge on any atom is -0.478 e. The van der Waals surface area contributed by atoms with Gasteiger partial charge >= 0.3 is 5.97 Å². The van der Waals surface area contributed by atoms with Gasteiger partial charge in [0.1, 0.15) is 16.5 Å². The molecule has 1 aromatic rings. The van der Waals surface area contributed by atoms with Crippen LogP contribution in [-0.2, 0) is 14.6 Å². The zero-order valence-corrected chi connectivity index (χ0v) is 10.9. The second-order valence-electron chi connectivity index (χ2n) is 3.69. The van der Waals surface area contributed by atoms with Gasteiger partial charge in [0.05, 0.1) is 12.1 Å². The summed E-state index contributed by atoms with van der Waals surface area (Å²) >= 11 is 0. The summed E-state index contributed by atoms with van der Waals surface area (Å²) in [6.07, 6.45) is 4.89. The first-order chi connectivity index (χ1) is 9.27. The van der Waals surface area contributed by atoms with Crippen LogP contribution in [-0.4, -0.2) is 37.7 Å². The lowest BCUT2D eigenvalue weighted by Gasteiger charge is -2.06. The molecule has 1 amide bonds. The number of carboxylic acid groups (broad SMARTS) is 1. The van der Waals surface area contributed by atoms with Gasteiger partial charge < -0.3 is 10.4 Å². The number of hydrogen-bond acceptors (Lipinski definition) is 4. The smallest absolute Gasteiger partial charge is 0.335 e. The fraction of sp³-hybridized carbons (Fsp3) is 0.167. The number of sulfone groups is 1. The van der Waals surface area contributed by atoms with Crippen LogP contribution in [0.1, 0.15) is 10.4 Å². The highest BCUT2D eigenvalue weighted by molar-refractivity contribution is 7.92. The molecule has 2 N–H and O–H groups in total. The molecule has 0 saturated carbocycles. The third-order valence-corrected chi connectivity index (χ3v) is 3.87. The summed E-state index contributed by atoms with van der Waals surface area (Å²) in [5.41, 5.74) is -0.391. The van der Waals surface area contributed by atoms with E-state index in [1.54, 1.807) is 0 Å². The number of benzene rings is 1. The van der Waals surface area contributed by atoms with E-state index in [0.29, 0.717) is 6.07 Å². The number of carbonyl (C=O) groups is 2. The van der Waals surface area contributed by atoms with Gasteiger partial charge in [0, 0.05) is 0 Å². The Kier molecular flexibility index (Phi) is 4.83. The number of hydrogen-bond donors (Lipinski definition) is 2. The molecule has 0 aliphatic rings. The van der Waals surface area contributed by atoms with Crippen molar-refractivity contribution in [3.8, 4) is 12.3 Å². The SMILES string of the molecule is C#CCNC(=O)CS(=O)(=O)c1ccc(C(=O)O)cc1F. The molecule has 0 radical (unpaired) electrons. The maximum atomic E-state index is 13.6. The highest BCUT2D eigenvalue weighted by Gasteiger charge is 2.23. The van der Waals surface area contributed by atoms with Crippen LogP contribution in [0.5, 0.6) is 0 Å². The van der Waals surface area contributed by atoms with Crippen molar-refractivity contribution in [2.24, 2.45) is 0 Å². The summed E-state index contributed by atoms with van der Waals surface area (Å²) in [5.74, 6) is -2.37. The lowest BCUT2D eigenvalue weighted by molar-refractivity contribution is -0.118. The highest BCUT2D eigenvalue weighted by atomic mass is 32.2. The number of halogens is 1. The molecule has 106 valence electrons. The van der Waals surface area contributed by atoms with Crippen molar-refractivity contribution in [1.29, 1.82) is 0 Å². The minimum absolute atomic E-state index is 0.144. The van der Waals surface area contributed by atoms with Crippen LogP contribution < -0.4 is 5.32 Å². The van der Waals surface area contributed by atoms with E-state index in [0.717, 1.165) is 12.1 Å². The lowest BCUT2D eigenvalue weighted by Crippen LogP contribution is -2.30. The number of terminal acetylenes is 1. The summed E-state index contributed by atoms with van der Waals surface area (Å²) in [6, 6.07) is 2.33. The topological polar surface area (TPSA) is 101 Å². The summed E-state index contributed by atoms with van der Waals surface area (Å²) in [6.45, 7) is -0.144. The Balaban J connectivity index is 3.02. The molecule has 0 aromatic heterocycles. The van der Waals surface area contributed by atoms with Crippen molar-refractivity contribution in [3.05, 3.63) is 29.6 Å². The van der Waals surface area contributed by atoms with Crippen molar-refractivity contribution >= 4 is 21.7 Å². The van der Waals surface area contributed by atoms with E-state index in [9.17, 15) is 22.4 Å². The van der Waals surface area contributed by atoms with Crippen LogP contribution in [0.15, 0.2) is 23.1 Å². The number of amides is 1. The minimum atomic E-state index is -4.21. The van der Waals surface area contributed by atoms with Crippen molar-refractivity contribution < 1.29 is 27.5 Å². The average Bonchev–Trinajstić information content (AvgIpc) is 2.35. The summed E-state index contributed by atoms with van der Waals surface area (Å²) in [4.78, 5) is 21.1. The third-order valence-electron chi connectivity index (χ3n) is 2.22. The van der Waals surface area contributed by atoms with E-state index in [1.807, 2.05) is 0 Å². The molecule has 0 aliphatic heterocycles. The Bertz CT molecular complexity index is 690. The Morgan fingerprint density at radius 3 is 2.55 bits per heavy atom. The second-order valence-corrected chi connectivity index (χ2v) is 5.65. The predicted molar refractivity (Wildman–Crippen MR) is 67.3 cm³/mol. The Morgan fingerprint density at radius 1 is 1.40 bits per heavy atom. The first-order valence-corrected chi connectivity index (χ1v) is 6.89. The summed E-state index contributed by atoms with van der Waals surface area (Å²) in [5, 5.41) is 10.8. The quantitative estimate of drug-likeness (QED) is 0.748. The molecule has 0 saturated heterocycles. The van der Waals surface area contributed by atoms with Crippen LogP contribution >= 0.6 is 0 Å². The maximum Gasteiger partial charge on any atom is 0.335 e. The van der Waals surface area contributed by atoms with Gasteiger partial charge in [-0.2, -0.15) is 0 Å². The fourth-order valence-electron chi connectivity index (χ4n) is 1.34. The van der Waals surface area contributed by atoms with Crippen molar-refractivity contribution in [1.82, 2.24) is 5.32 Å². The van der Waals surface area contributed by atoms with Crippen LogP contribution in [0, 0.1) is 18.2 Å². The normalized spacial score (nSPS) is 10.6. The molecule has 0 unspecified atom stereocenters. The zero-order chi connectivity index (χ0) is 15.3. The molecule has 1 aromatic carbocycles. The van der Waals surface area contributed by atoms with E-state index in [1.165, 1.54) is 0 Å². The van der Waals surface area contributed by atoms with E-state index in [2.05, 4.69) is 11.2 Å². The van der Waals surface area contributed by atoms with Gasteiger partial charge in [0.25, 0.3) is 0 Å². The first-order valence-electron chi connectivity index (χ1n) is 5.23. The van der Waals surface area contributed by atoms with E-state index in [-0.39, 0.29) is 6.54 Å². The number of carbonyl (C=O) groups excluding carboxylic acids is 1. The molecule has 6 nitrogen and oxygen atoms in total. The molecule has 0 heterocycles. The fourth-order valence-corrected chi connectivity index (χ4v) is 2.57. The third kappa shape index (κ3) is 3.80. The van der Waals surface area contributed by atoms with E-state index >= 15 is 0 Å². The van der Waals surface area contributed by atoms with Gasteiger partial charge in [-0.1, -0.05) is 5.92 Å². The van der Waals surface area contributed by atoms with Crippen molar-refractivity contribution in [2.45, 2.75) is 4.90 Å². The number of carboxylic acids is 1. The van der Waals surface area contributed by atoms with E-state index < -0.39 is 43.7 Å². The number of rotatable bonds is 5. The van der Waals surface area contributed by atoms with Crippen LogP contribution in [0.3, 0.4) is 0 Å². The Hall–Kier alpha value is -2.40. The largest absolute Gasteiger partial charge is 0.478 e. The Morgan fingerprint density at radius 2 is 2.05 bits per heavy atom. The van der Waals surface area contributed by atoms with Crippen LogP contribution in [0.25, 0.3) is 0 Å². The monoisotopic (exact) mass is 299 g/mol. The van der Waals surface area contributed by atoms with Gasteiger partial charge in [0.2, 0.25) is 5.91 Å². The van der Waals surface area contributed by atoms with Crippen LogP contribution in [0.2, 0.25) is 0 Å². The van der Waals surface area contributed by atoms with Crippen LogP contribution in [0.4, 0.5) is 4.39 Å². The molecule has 0 atom stereocenters. The Labute approximate surface area is 114 Å². The number of nitrogens with one attached hydrogen (secondary N) is 1. The molecule has 0 aliphatic carbocycles.